The molecule has 1 aromatic carbocycles. The number of hydrogen-bond acceptors (Lipinski definition) is 1. The number of hydrogen-bond donors (Lipinski definition) is 1. The Kier molecular flexibility index (Phi) is 6.00. The van der Waals surface area contributed by atoms with Crippen LogP contribution in [0, 0.1) is 5.92 Å². The van der Waals surface area contributed by atoms with E-state index in [1.807, 2.05) is 12.1 Å². The molecule has 0 aromatic heterocycles. The van der Waals surface area contributed by atoms with Gasteiger partial charge in [-0.2, -0.15) is 0 Å². The SMILES string of the molecule is OC(Cc1cccc(Cl)c1Cl)CC1CCCCCC1. The van der Waals surface area contributed by atoms with Gasteiger partial charge in [0.25, 0.3) is 0 Å². The van der Waals surface area contributed by atoms with Crippen molar-refractivity contribution in [1.29, 1.82) is 0 Å². The lowest BCUT2D eigenvalue weighted by molar-refractivity contribution is 0.137. The zero-order chi connectivity index (χ0) is 13.7. The van der Waals surface area contributed by atoms with E-state index in [4.69, 9.17) is 23.2 Å². The Hall–Kier alpha value is -0.240. The fraction of sp³-hybridized carbons (Fsp3) is 0.625. The minimum atomic E-state index is -0.306. The predicted molar refractivity (Wildman–Crippen MR) is 82.0 cm³/mol. The van der Waals surface area contributed by atoms with Crippen LogP contribution in [0.3, 0.4) is 0 Å². The minimum absolute atomic E-state index is 0.306. The molecule has 0 bridgehead atoms. The number of aliphatic hydroxyl groups is 1. The second-order valence-electron chi connectivity index (χ2n) is 5.66. The highest BCUT2D eigenvalue weighted by molar-refractivity contribution is 6.42. The molecule has 1 unspecified atom stereocenters. The lowest BCUT2D eigenvalue weighted by Gasteiger charge is -2.19. The first-order valence-electron chi connectivity index (χ1n) is 7.27. The molecule has 1 N–H and O–H groups in total. The molecule has 1 saturated carbocycles. The van der Waals surface area contributed by atoms with Crippen molar-refractivity contribution in [3.8, 4) is 0 Å². The molecule has 19 heavy (non-hydrogen) atoms. The van der Waals surface area contributed by atoms with E-state index < -0.39 is 0 Å². The Balaban J connectivity index is 1.89. The van der Waals surface area contributed by atoms with Crippen molar-refractivity contribution in [2.75, 3.05) is 0 Å². The fourth-order valence-electron chi connectivity index (χ4n) is 3.03. The third-order valence-corrected chi connectivity index (χ3v) is 4.93. The van der Waals surface area contributed by atoms with Gasteiger partial charge in [-0.25, -0.2) is 0 Å². The topological polar surface area (TPSA) is 20.2 Å². The van der Waals surface area contributed by atoms with Crippen LogP contribution < -0.4 is 0 Å². The van der Waals surface area contributed by atoms with Crippen molar-refractivity contribution in [1.82, 2.24) is 0 Å². The van der Waals surface area contributed by atoms with E-state index >= 15 is 0 Å². The van der Waals surface area contributed by atoms with Crippen molar-refractivity contribution in [2.24, 2.45) is 5.92 Å². The van der Waals surface area contributed by atoms with Crippen molar-refractivity contribution in [3.05, 3.63) is 33.8 Å². The molecule has 1 nitrogen and oxygen atoms in total. The summed E-state index contributed by atoms with van der Waals surface area (Å²) in [4.78, 5) is 0. The molecule has 1 fully saturated rings. The van der Waals surface area contributed by atoms with Crippen molar-refractivity contribution in [2.45, 2.75) is 57.5 Å². The molecule has 1 aliphatic rings. The van der Waals surface area contributed by atoms with Crippen molar-refractivity contribution < 1.29 is 5.11 Å². The summed E-state index contributed by atoms with van der Waals surface area (Å²) in [6, 6.07) is 5.62. The zero-order valence-electron chi connectivity index (χ0n) is 11.2. The van der Waals surface area contributed by atoms with Gasteiger partial charge in [0.1, 0.15) is 0 Å². The van der Waals surface area contributed by atoms with E-state index in [1.54, 1.807) is 6.07 Å². The van der Waals surface area contributed by atoms with Crippen molar-refractivity contribution >= 4 is 23.2 Å². The molecule has 0 aliphatic heterocycles. The Morgan fingerprint density at radius 2 is 1.79 bits per heavy atom. The predicted octanol–water partition coefficient (Wildman–Crippen LogP) is 5.26. The molecule has 1 aliphatic carbocycles. The molecule has 3 heteroatoms. The van der Waals surface area contributed by atoms with Gasteiger partial charge in [-0.15, -0.1) is 0 Å². The average Bonchev–Trinajstić information content (AvgIpc) is 2.63. The van der Waals surface area contributed by atoms with Gasteiger partial charge >= 0.3 is 0 Å². The van der Waals surface area contributed by atoms with Gasteiger partial charge in [0.2, 0.25) is 0 Å². The third-order valence-electron chi connectivity index (χ3n) is 4.07. The van der Waals surface area contributed by atoms with Crippen LogP contribution in [0.2, 0.25) is 10.0 Å². The standard InChI is InChI=1S/C16H22Cl2O/c17-15-9-5-8-13(16(15)18)11-14(19)10-12-6-3-1-2-4-7-12/h5,8-9,12,14,19H,1-4,6-7,10-11H2. The van der Waals surface area contributed by atoms with Gasteiger partial charge in [-0.05, 0) is 30.4 Å². The highest BCUT2D eigenvalue weighted by Crippen LogP contribution is 2.30. The Morgan fingerprint density at radius 1 is 1.11 bits per heavy atom. The summed E-state index contributed by atoms with van der Waals surface area (Å²) in [5.41, 5.74) is 0.954. The summed E-state index contributed by atoms with van der Waals surface area (Å²) in [5, 5.41) is 11.4. The first-order valence-corrected chi connectivity index (χ1v) is 8.03. The number of benzene rings is 1. The van der Waals surface area contributed by atoms with E-state index in [2.05, 4.69) is 0 Å². The minimum Gasteiger partial charge on any atom is -0.393 e. The van der Waals surface area contributed by atoms with Gasteiger partial charge in [0, 0.05) is 0 Å². The molecular weight excluding hydrogens is 279 g/mol. The van der Waals surface area contributed by atoms with Gasteiger partial charge in [-0.3, -0.25) is 0 Å². The lowest BCUT2D eigenvalue weighted by Crippen LogP contribution is -2.16. The number of aliphatic hydroxyl groups excluding tert-OH is 1. The summed E-state index contributed by atoms with van der Waals surface area (Å²) in [5.74, 6) is 0.676. The maximum atomic E-state index is 10.3. The van der Waals surface area contributed by atoms with Crippen LogP contribution in [0.4, 0.5) is 0 Å². The largest absolute Gasteiger partial charge is 0.393 e. The smallest absolute Gasteiger partial charge is 0.0625 e. The van der Waals surface area contributed by atoms with Crippen LogP contribution >= 0.6 is 23.2 Å². The molecule has 0 radical (unpaired) electrons. The molecule has 0 spiro atoms. The Bertz CT molecular complexity index is 398. The zero-order valence-corrected chi connectivity index (χ0v) is 12.8. The third kappa shape index (κ3) is 4.66. The summed E-state index contributed by atoms with van der Waals surface area (Å²) in [6.07, 6.45) is 9.06. The number of rotatable bonds is 4. The first kappa shape index (κ1) is 15.2. The summed E-state index contributed by atoms with van der Waals surface area (Å²) in [7, 11) is 0. The highest BCUT2D eigenvalue weighted by Gasteiger charge is 2.18. The van der Waals surface area contributed by atoms with E-state index in [1.165, 1.54) is 38.5 Å². The van der Waals surface area contributed by atoms with Gasteiger partial charge in [-0.1, -0.05) is 73.9 Å². The second kappa shape index (κ2) is 7.52. The second-order valence-corrected chi connectivity index (χ2v) is 6.45. The van der Waals surface area contributed by atoms with Crippen LogP contribution in [0.5, 0.6) is 0 Å². The van der Waals surface area contributed by atoms with Gasteiger partial charge in [0.15, 0.2) is 0 Å². The van der Waals surface area contributed by atoms with Crippen molar-refractivity contribution in [3.63, 3.8) is 0 Å². The van der Waals surface area contributed by atoms with Gasteiger partial charge in [0.05, 0.1) is 16.1 Å². The van der Waals surface area contributed by atoms with E-state index in [0.717, 1.165) is 12.0 Å². The summed E-state index contributed by atoms with van der Waals surface area (Å²) in [6.45, 7) is 0. The van der Waals surface area contributed by atoms with Gasteiger partial charge < -0.3 is 5.11 Å². The Labute approximate surface area is 125 Å². The molecule has 2 rings (SSSR count). The molecule has 0 amide bonds. The summed E-state index contributed by atoms with van der Waals surface area (Å²) >= 11 is 12.2. The maximum Gasteiger partial charge on any atom is 0.0625 e. The first-order chi connectivity index (χ1) is 9.16. The molecular formula is C16H22Cl2O. The molecule has 0 heterocycles. The van der Waals surface area contributed by atoms with E-state index in [-0.39, 0.29) is 6.10 Å². The monoisotopic (exact) mass is 300 g/mol. The number of halogens is 2. The quantitative estimate of drug-likeness (QED) is 0.752. The Morgan fingerprint density at radius 3 is 2.47 bits per heavy atom. The molecule has 106 valence electrons. The van der Waals surface area contributed by atoms with Crippen LogP contribution in [-0.4, -0.2) is 11.2 Å². The normalized spacial score (nSPS) is 19.1. The molecule has 1 atom stereocenters. The highest BCUT2D eigenvalue weighted by atomic mass is 35.5. The van der Waals surface area contributed by atoms with Crippen LogP contribution in [0.1, 0.15) is 50.5 Å². The summed E-state index contributed by atoms with van der Waals surface area (Å²) < 4.78 is 0. The van der Waals surface area contributed by atoms with E-state index in [9.17, 15) is 5.11 Å². The van der Waals surface area contributed by atoms with Crippen LogP contribution in [0.15, 0.2) is 18.2 Å². The van der Waals surface area contributed by atoms with E-state index in [0.29, 0.717) is 22.4 Å². The molecule has 0 saturated heterocycles. The van der Waals surface area contributed by atoms with Crippen LogP contribution in [0.25, 0.3) is 0 Å². The lowest BCUT2D eigenvalue weighted by atomic mass is 9.91. The van der Waals surface area contributed by atoms with Crippen LogP contribution in [-0.2, 0) is 6.42 Å². The fourth-order valence-corrected chi connectivity index (χ4v) is 3.42. The molecule has 1 aromatic rings. The average molecular weight is 301 g/mol. The maximum absolute atomic E-state index is 10.3.